The van der Waals surface area contributed by atoms with Gasteiger partial charge in [0.25, 0.3) is 0 Å². The molecule has 3 atom stereocenters. The lowest BCUT2D eigenvalue weighted by atomic mass is 10.0. The molecule has 0 aromatic heterocycles. The molecule has 1 aliphatic rings. The van der Waals surface area contributed by atoms with Crippen molar-refractivity contribution in [2.75, 3.05) is 19.7 Å². The third-order valence-corrected chi connectivity index (χ3v) is 5.89. The van der Waals surface area contributed by atoms with E-state index in [2.05, 4.69) is 11.9 Å². The van der Waals surface area contributed by atoms with Crippen LogP contribution in [-0.4, -0.2) is 64.4 Å². The van der Waals surface area contributed by atoms with Crippen LogP contribution in [0.3, 0.4) is 0 Å². The van der Waals surface area contributed by atoms with E-state index in [9.17, 15) is 14.7 Å². The maximum Gasteiger partial charge on any atom is 0.362 e. The van der Waals surface area contributed by atoms with Gasteiger partial charge in [-0.15, -0.1) is 0 Å². The summed E-state index contributed by atoms with van der Waals surface area (Å²) in [5, 5.41) is 18.6. The fourth-order valence-corrected chi connectivity index (χ4v) is 4.13. The van der Waals surface area contributed by atoms with Gasteiger partial charge in [0.05, 0.1) is 6.54 Å². The molecule has 0 bridgehead atoms. The lowest BCUT2D eigenvalue weighted by Crippen LogP contribution is -2.65. The largest absolute Gasteiger partial charge is 0.480 e. The highest BCUT2D eigenvalue weighted by Gasteiger charge is 2.50. The standard InChI is InChI=1S/C21H38N2O5/c1-4-5-6-7-8-9-10-11-12-13-19-22-14-15-23(19,17(2)21(26)27)18(3)28-16-20(24)25/h17-18H,4-16H2,1-3H3,(H-,24,25,26,27)/p+1. The topological polar surface area (TPSA) is 96.2 Å². The molecule has 7 heteroatoms. The molecule has 1 rings (SSSR count). The average molecular weight is 400 g/mol. The summed E-state index contributed by atoms with van der Waals surface area (Å²) < 4.78 is 5.62. The number of rotatable bonds is 16. The van der Waals surface area contributed by atoms with Gasteiger partial charge in [-0.25, -0.2) is 19.1 Å². The minimum absolute atomic E-state index is 0.111. The van der Waals surface area contributed by atoms with Crippen LogP contribution in [0.15, 0.2) is 4.99 Å². The normalized spacial score (nSPS) is 21.3. The molecule has 0 aromatic carbocycles. The SMILES string of the molecule is CCCCCCCCCCCC1=NCC[N+]1(C(C)OCC(=O)O)C(C)C(=O)O. The Morgan fingerprint density at radius 1 is 1.04 bits per heavy atom. The first-order valence-electron chi connectivity index (χ1n) is 10.8. The smallest absolute Gasteiger partial charge is 0.362 e. The predicted octanol–water partition coefficient (Wildman–Crippen LogP) is 4.06. The maximum atomic E-state index is 11.8. The van der Waals surface area contributed by atoms with Crippen molar-refractivity contribution in [3.05, 3.63) is 0 Å². The molecule has 0 spiro atoms. The van der Waals surface area contributed by atoms with Crippen molar-refractivity contribution in [1.29, 1.82) is 0 Å². The van der Waals surface area contributed by atoms with Crippen molar-refractivity contribution >= 4 is 17.8 Å². The number of hydrogen-bond donors (Lipinski definition) is 2. The summed E-state index contributed by atoms with van der Waals surface area (Å²) in [6.07, 6.45) is 11.2. The van der Waals surface area contributed by atoms with Gasteiger partial charge >= 0.3 is 11.9 Å². The molecule has 0 fully saturated rings. The van der Waals surface area contributed by atoms with Crippen molar-refractivity contribution in [2.24, 2.45) is 4.99 Å². The van der Waals surface area contributed by atoms with Crippen LogP contribution in [0.1, 0.15) is 85.0 Å². The molecule has 0 amide bonds. The number of aliphatic carboxylic acids is 2. The Balaban J connectivity index is 2.57. The summed E-state index contributed by atoms with van der Waals surface area (Å²) in [5.74, 6) is -1.12. The summed E-state index contributed by atoms with van der Waals surface area (Å²) in [4.78, 5) is 27.3. The number of aliphatic imine (C=N–C) groups is 1. The summed E-state index contributed by atoms with van der Waals surface area (Å²) >= 11 is 0. The second-order valence-electron chi connectivity index (χ2n) is 7.85. The Morgan fingerprint density at radius 3 is 2.14 bits per heavy atom. The van der Waals surface area contributed by atoms with Crippen molar-refractivity contribution in [1.82, 2.24) is 0 Å². The number of carboxylic acids is 2. The van der Waals surface area contributed by atoms with Crippen LogP contribution in [0.5, 0.6) is 0 Å². The molecular weight excluding hydrogens is 360 g/mol. The number of carboxylic acid groups (broad SMARTS) is 2. The maximum absolute atomic E-state index is 11.8. The van der Waals surface area contributed by atoms with Crippen molar-refractivity contribution in [3.63, 3.8) is 0 Å². The van der Waals surface area contributed by atoms with E-state index in [0.717, 1.165) is 25.1 Å². The molecule has 0 radical (unpaired) electrons. The third-order valence-electron chi connectivity index (χ3n) is 5.89. The monoisotopic (exact) mass is 399 g/mol. The van der Waals surface area contributed by atoms with E-state index < -0.39 is 30.8 Å². The van der Waals surface area contributed by atoms with Gasteiger partial charge in [0.1, 0.15) is 6.54 Å². The second-order valence-corrected chi connectivity index (χ2v) is 7.85. The number of nitrogens with zero attached hydrogens (tertiary/aromatic N) is 2. The van der Waals surface area contributed by atoms with E-state index in [1.807, 2.05) is 0 Å². The number of unbranched alkanes of at least 4 members (excludes halogenated alkanes) is 8. The van der Waals surface area contributed by atoms with Gasteiger partial charge in [0.15, 0.2) is 18.9 Å². The van der Waals surface area contributed by atoms with Gasteiger partial charge in [-0.3, -0.25) is 0 Å². The Kier molecular flexibility index (Phi) is 11.3. The zero-order valence-corrected chi connectivity index (χ0v) is 17.9. The summed E-state index contributed by atoms with van der Waals surface area (Å²) in [7, 11) is 0. The van der Waals surface area contributed by atoms with Crippen LogP contribution in [0.4, 0.5) is 0 Å². The van der Waals surface area contributed by atoms with Crippen LogP contribution in [0.25, 0.3) is 0 Å². The van der Waals surface area contributed by atoms with E-state index in [1.165, 1.54) is 44.9 Å². The van der Waals surface area contributed by atoms with Crippen molar-refractivity contribution in [3.8, 4) is 0 Å². The summed E-state index contributed by atoms with van der Waals surface area (Å²) in [6, 6.07) is -0.719. The van der Waals surface area contributed by atoms with Crippen LogP contribution in [-0.2, 0) is 14.3 Å². The molecule has 1 heterocycles. The van der Waals surface area contributed by atoms with Crippen molar-refractivity contribution in [2.45, 2.75) is 97.2 Å². The minimum atomic E-state index is -1.05. The first-order chi connectivity index (χ1) is 13.4. The predicted molar refractivity (Wildman–Crippen MR) is 109 cm³/mol. The fraction of sp³-hybridized carbons (Fsp3) is 0.857. The molecule has 3 unspecified atom stereocenters. The molecule has 162 valence electrons. The quantitative estimate of drug-likeness (QED) is 0.301. The Labute approximate surface area is 169 Å². The molecule has 0 aromatic rings. The van der Waals surface area contributed by atoms with Gasteiger partial charge in [-0.1, -0.05) is 58.3 Å². The van der Waals surface area contributed by atoms with E-state index in [1.54, 1.807) is 13.8 Å². The molecule has 0 saturated heterocycles. The first kappa shape index (κ1) is 24.6. The zero-order chi connectivity index (χ0) is 21.0. The van der Waals surface area contributed by atoms with Crippen LogP contribution in [0, 0.1) is 0 Å². The Hall–Kier alpha value is -1.47. The van der Waals surface area contributed by atoms with E-state index in [0.29, 0.717) is 13.1 Å². The van der Waals surface area contributed by atoms with Gasteiger partial charge in [-0.2, -0.15) is 0 Å². The molecule has 28 heavy (non-hydrogen) atoms. The molecule has 1 aliphatic heterocycles. The summed E-state index contributed by atoms with van der Waals surface area (Å²) in [6.45, 7) is 6.33. The van der Waals surface area contributed by atoms with Gasteiger partial charge in [0, 0.05) is 13.3 Å². The molecule has 0 aliphatic carbocycles. The third kappa shape index (κ3) is 7.17. The number of hydrogen-bond acceptors (Lipinski definition) is 4. The number of amidine groups is 1. The highest BCUT2D eigenvalue weighted by Crippen LogP contribution is 2.29. The number of ether oxygens (including phenoxy) is 1. The van der Waals surface area contributed by atoms with E-state index >= 15 is 0 Å². The van der Waals surface area contributed by atoms with Gasteiger partial charge in [0.2, 0.25) is 5.84 Å². The van der Waals surface area contributed by atoms with E-state index in [-0.39, 0.29) is 4.48 Å². The Morgan fingerprint density at radius 2 is 1.61 bits per heavy atom. The van der Waals surface area contributed by atoms with Gasteiger partial charge in [-0.05, 0) is 13.3 Å². The first-order valence-corrected chi connectivity index (χ1v) is 10.8. The van der Waals surface area contributed by atoms with Crippen molar-refractivity contribution < 1.29 is 29.0 Å². The van der Waals surface area contributed by atoms with Crippen LogP contribution in [0.2, 0.25) is 0 Å². The molecular formula is C21H39N2O5+. The lowest BCUT2D eigenvalue weighted by Gasteiger charge is -2.42. The lowest BCUT2D eigenvalue weighted by molar-refractivity contribution is -0.898. The molecule has 0 saturated carbocycles. The summed E-state index contributed by atoms with van der Waals surface area (Å²) in [5.41, 5.74) is 0. The molecule has 2 N–H and O–H groups in total. The minimum Gasteiger partial charge on any atom is -0.480 e. The number of carbonyl (C=O) groups is 2. The fourth-order valence-electron chi connectivity index (χ4n) is 4.13. The Bertz CT molecular complexity index is 523. The highest BCUT2D eigenvalue weighted by atomic mass is 16.5. The highest BCUT2D eigenvalue weighted by molar-refractivity contribution is 5.81. The van der Waals surface area contributed by atoms with Crippen LogP contribution >= 0.6 is 0 Å². The average Bonchev–Trinajstić information content (AvgIpc) is 3.08. The van der Waals surface area contributed by atoms with Gasteiger partial charge < -0.3 is 14.9 Å². The molecule has 7 nitrogen and oxygen atoms in total. The van der Waals surface area contributed by atoms with E-state index in [4.69, 9.17) is 9.84 Å². The number of quaternary nitrogens is 1. The zero-order valence-electron chi connectivity index (χ0n) is 17.9. The second kappa shape index (κ2) is 12.9. The van der Waals surface area contributed by atoms with Crippen LogP contribution < -0.4 is 0 Å².